The van der Waals surface area contributed by atoms with Crippen LogP contribution < -0.4 is 19.1 Å². The number of para-hydroxylation sites is 3. The molecule has 0 atom stereocenters. The van der Waals surface area contributed by atoms with Gasteiger partial charge >= 0.3 is 0 Å². The quantitative estimate of drug-likeness (QED) is 0.314. The Morgan fingerprint density at radius 1 is 0.971 bits per heavy atom. The van der Waals surface area contributed by atoms with Crippen molar-refractivity contribution in [2.45, 2.75) is 11.4 Å². The molecule has 0 saturated heterocycles. The van der Waals surface area contributed by atoms with Crippen LogP contribution in [0.25, 0.3) is 0 Å². The third-order valence-electron chi connectivity index (χ3n) is 5.01. The van der Waals surface area contributed by atoms with Crippen LogP contribution in [0.4, 0.5) is 5.69 Å². The van der Waals surface area contributed by atoms with E-state index in [4.69, 9.17) is 9.47 Å². The number of nitrogens with zero attached hydrogens (tertiary/aromatic N) is 1. The number of methoxy groups -OCH3 is 1. The second-order valence-corrected chi connectivity index (χ2v) is 10.1. The van der Waals surface area contributed by atoms with Crippen LogP contribution in [0.2, 0.25) is 0 Å². The first-order chi connectivity index (χ1) is 16.3. The van der Waals surface area contributed by atoms with Crippen molar-refractivity contribution in [1.29, 1.82) is 0 Å². The molecule has 0 aliphatic carbocycles. The molecule has 1 amide bonds. The van der Waals surface area contributed by atoms with E-state index in [-0.39, 0.29) is 12.5 Å². The Bertz CT molecular complexity index is 1210. The molecule has 7 nitrogen and oxygen atoms in total. The van der Waals surface area contributed by atoms with Gasteiger partial charge in [0.2, 0.25) is 10.0 Å². The van der Waals surface area contributed by atoms with E-state index in [0.29, 0.717) is 35.9 Å². The Morgan fingerprint density at radius 3 is 2.26 bits per heavy atom. The second kappa shape index (κ2) is 11.8. The van der Waals surface area contributed by atoms with Crippen LogP contribution >= 0.6 is 11.8 Å². The summed E-state index contributed by atoms with van der Waals surface area (Å²) >= 11 is 1.49. The Hall–Kier alpha value is -3.17. The zero-order valence-electron chi connectivity index (χ0n) is 19.4. The first kappa shape index (κ1) is 25.5. The second-order valence-electron chi connectivity index (χ2n) is 7.39. The smallest absolute Gasteiger partial charge is 0.251 e. The summed E-state index contributed by atoms with van der Waals surface area (Å²) in [6, 6.07) is 21.6. The number of benzene rings is 3. The van der Waals surface area contributed by atoms with E-state index in [1.807, 2.05) is 36.6 Å². The summed E-state index contributed by atoms with van der Waals surface area (Å²) in [6.45, 7) is 0.791. The summed E-state index contributed by atoms with van der Waals surface area (Å²) in [5.74, 6) is 1.01. The summed E-state index contributed by atoms with van der Waals surface area (Å²) < 4.78 is 37.3. The lowest BCUT2D eigenvalue weighted by Crippen LogP contribution is -2.30. The molecule has 0 aliphatic heterocycles. The van der Waals surface area contributed by atoms with Crippen LogP contribution in [0, 0.1) is 0 Å². The summed E-state index contributed by atoms with van der Waals surface area (Å²) in [5, 5.41) is 2.82. The van der Waals surface area contributed by atoms with Gasteiger partial charge in [-0.15, -0.1) is 11.8 Å². The van der Waals surface area contributed by atoms with Gasteiger partial charge in [-0.05, 0) is 48.2 Å². The number of nitrogens with one attached hydrogen (secondary N) is 1. The molecule has 180 valence electrons. The maximum Gasteiger partial charge on any atom is 0.251 e. The van der Waals surface area contributed by atoms with Crippen LogP contribution in [-0.2, 0) is 16.6 Å². The number of carbonyl (C=O) groups excluding carboxylic acids is 1. The van der Waals surface area contributed by atoms with E-state index < -0.39 is 10.0 Å². The molecule has 0 bridgehead atoms. The molecule has 34 heavy (non-hydrogen) atoms. The molecule has 3 rings (SSSR count). The number of hydrogen-bond donors (Lipinski definition) is 1. The van der Waals surface area contributed by atoms with Crippen molar-refractivity contribution in [2.24, 2.45) is 0 Å². The van der Waals surface area contributed by atoms with E-state index >= 15 is 0 Å². The Labute approximate surface area is 205 Å². The lowest BCUT2D eigenvalue weighted by Gasteiger charge is -2.24. The predicted molar refractivity (Wildman–Crippen MR) is 137 cm³/mol. The first-order valence-electron chi connectivity index (χ1n) is 10.6. The van der Waals surface area contributed by atoms with Crippen molar-refractivity contribution in [3.8, 4) is 11.5 Å². The number of carbonyl (C=O) groups is 1. The van der Waals surface area contributed by atoms with Crippen molar-refractivity contribution < 1.29 is 22.7 Å². The van der Waals surface area contributed by atoms with Gasteiger partial charge in [-0.1, -0.05) is 36.4 Å². The molecule has 0 aromatic heterocycles. The van der Waals surface area contributed by atoms with Crippen LogP contribution in [0.1, 0.15) is 15.9 Å². The number of hydrogen-bond acceptors (Lipinski definition) is 6. The molecule has 0 radical (unpaired) electrons. The zero-order valence-corrected chi connectivity index (χ0v) is 21.0. The maximum absolute atomic E-state index is 12.5. The topological polar surface area (TPSA) is 84.9 Å². The van der Waals surface area contributed by atoms with Gasteiger partial charge in [0.25, 0.3) is 5.91 Å². The summed E-state index contributed by atoms with van der Waals surface area (Å²) in [4.78, 5) is 13.4. The van der Waals surface area contributed by atoms with Gasteiger partial charge in [-0.3, -0.25) is 9.10 Å². The van der Waals surface area contributed by atoms with Crippen molar-refractivity contribution in [3.05, 3.63) is 83.9 Å². The number of sulfonamides is 1. The molecule has 3 aromatic carbocycles. The third-order valence-corrected chi connectivity index (χ3v) is 6.92. The fraction of sp³-hybridized carbons (Fsp3) is 0.240. The predicted octanol–water partition coefficient (Wildman–Crippen LogP) is 4.19. The third kappa shape index (κ3) is 6.68. The lowest BCUT2D eigenvalue weighted by molar-refractivity contribution is 0.0947. The largest absolute Gasteiger partial charge is 0.493 e. The van der Waals surface area contributed by atoms with Crippen LogP contribution in [-0.4, -0.2) is 47.1 Å². The fourth-order valence-electron chi connectivity index (χ4n) is 3.31. The first-order valence-corrected chi connectivity index (χ1v) is 13.6. The molecular formula is C25H28N2O5S2. The highest BCUT2D eigenvalue weighted by molar-refractivity contribution is 7.99. The standard InChI is InChI=1S/C25H28N2O5S2/c1-31-22-9-5-6-10-23(22)32-17-16-26-25(28)20-14-12-19(13-15-20)18-27(34(3,29)30)21-8-4-7-11-24(21)33-2/h4-15H,16-18H2,1-3H3,(H,26,28). The molecule has 9 heteroatoms. The molecule has 0 heterocycles. The van der Waals surface area contributed by atoms with Crippen LogP contribution in [0.15, 0.2) is 77.7 Å². The summed E-state index contributed by atoms with van der Waals surface area (Å²) in [5.41, 5.74) is 1.89. The van der Waals surface area contributed by atoms with E-state index in [1.165, 1.54) is 22.3 Å². The average Bonchev–Trinajstić information content (AvgIpc) is 2.85. The van der Waals surface area contributed by atoms with Gasteiger partial charge < -0.3 is 14.8 Å². The highest BCUT2D eigenvalue weighted by Gasteiger charge is 2.20. The van der Waals surface area contributed by atoms with Crippen molar-refractivity contribution in [3.63, 3.8) is 0 Å². The number of ether oxygens (including phenoxy) is 2. The van der Waals surface area contributed by atoms with E-state index in [9.17, 15) is 13.2 Å². The molecular weight excluding hydrogens is 472 g/mol. The summed E-state index contributed by atoms with van der Waals surface area (Å²) in [7, 11) is -1.93. The monoisotopic (exact) mass is 500 g/mol. The average molecular weight is 501 g/mol. The fourth-order valence-corrected chi connectivity index (χ4v) is 4.87. The number of anilines is 1. The molecule has 0 spiro atoms. The highest BCUT2D eigenvalue weighted by Crippen LogP contribution is 2.31. The van der Waals surface area contributed by atoms with Gasteiger partial charge in [0, 0.05) is 10.5 Å². The molecule has 0 saturated carbocycles. The Balaban J connectivity index is 1.60. The minimum absolute atomic E-state index is 0.172. The van der Waals surface area contributed by atoms with Crippen LogP contribution in [0.3, 0.4) is 0 Å². The number of rotatable bonds is 11. The molecule has 0 unspecified atom stereocenters. The van der Waals surface area contributed by atoms with Crippen LogP contribution in [0.5, 0.6) is 11.5 Å². The van der Waals surface area contributed by atoms with E-state index in [2.05, 4.69) is 5.32 Å². The Kier molecular flexibility index (Phi) is 8.84. The molecule has 0 fully saturated rings. The van der Waals surface area contributed by atoms with Gasteiger partial charge in [-0.25, -0.2) is 8.42 Å². The van der Waals surface area contributed by atoms with E-state index in [0.717, 1.165) is 10.5 Å². The Morgan fingerprint density at radius 2 is 1.62 bits per heavy atom. The van der Waals surface area contributed by atoms with Gasteiger partial charge in [0.15, 0.2) is 11.5 Å². The molecule has 1 N–H and O–H groups in total. The maximum atomic E-state index is 12.5. The zero-order chi connectivity index (χ0) is 24.6. The van der Waals surface area contributed by atoms with Gasteiger partial charge in [0.1, 0.15) is 6.61 Å². The van der Waals surface area contributed by atoms with Crippen molar-refractivity contribution in [2.75, 3.05) is 37.1 Å². The highest BCUT2D eigenvalue weighted by atomic mass is 32.2. The van der Waals surface area contributed by atoms with Crippen molar-refractivity contribution >= 4 is 33.4 Å². The van der Waals surface area contributed by atoms with Crippen molar-refractivity contribution in [1.82, 2.24) is 5.32 Å². The normalized spacial score (nSPS) is 11.0. The van der Waals surface area contributed by atoms with Gasteiger partial charge in [0.05, 0.1) is 32.1 Å². The van der Waals surface area contributed by atoms with Gasteiger partial charge in [-0.2, -0.15) is 0 Å². The number of amides is 1. The minimum Gasteiger partial charge on any atom is -0.493 e. The molecule has 3 aromatic rings. The number of thioether (sulfide) groups is 1. The summed E-state index contributed by atoms with van der Waals surface area (Å²) in [6.07, 6.45) is 3.10. The minimum atomic E-state index is -3.50. The SMILES string of the molecule is COc1ccccc1OCCNC(=O)c1ccc(CN(c2ccccc2SC)S(C)(=O)=O)cc1. The molecule has 0 aliphatic rings. The van der Waals surface area contributed by atoms with E-state index in [1.54, 1.807) is 49.6 Å². The lowest BCUT2D eigenvalue weighted by atomic mass is 10.1.